The average molecular weight is 457 g/mol. The highest BCUT2D eigenvalue weighted by molar-refractivity contribution is 6.06. The van der Waals surface area contributed by atoms with Gasteiger partial charge in [-0.1, -0.05) is 18.7 Å². The molecule has 3 amide bonds. The number of amides is 3. The first-order valence-corrected chi connectivity index (χ1v) is 10.8. The Bertz CT molecular complexity index is 1250. The van der Waals surface area contributed by atoms with Gasteiger partial charge in [-0.25, -0.2) is 9.97 Å². The van der Waals surface area contributed by atoms with Crippen LogP contribution in [0.1, 0.15) is 28.8 Å². The molecule has 0 atom stereocenters. The fourth-order valence-corrected chi connectivity index (χ4v) is 3.19. The van der Waals surface area contributed by atoms with E-state index in [4.69, 9.17) is 0 Å². The Morgan fingerprint density at radius 1 is 0.912 bits per heavy atom. The van der Waals surface area contributed by atoms with Gasteiger partial charge in [0.1, 0.15) is 0 Å². The summed E-state index contributed by atoms with van der Waals surface area (Å²) in [6.07, 6.45) is 5.99. The Morgan fingerprint density at radius 2 is 1.62 bits per heavy atom. The van der Waals surface area contributed by atoms with Crippen molar-refractivity contribution >= 4 is 46.4 Å². The zero-order chi connectivity index (χ0) is 24.1. The van der Waals surface area contributed by atoms with E-state index in [1.165, 1.54) is 18.5 Å². The van der Waals surface area contributed by atoms with Crippen LogP contribution in [-0.2, 0) is 9.59 Å². The number of anilines is 5. The Kier molecular flexibility index (Phi) is 6.63. The molecule has 0 aliphatic heterocycles. The van der Waals surface area contributed by atoms with E-state index in [0.29, 0.717) is 34.3 Å². The van der Waals surface area contributed by atoms with Gasteiger partial charge in [0.2, 0.25) is 17.8 Å². The number of carbonyl (C=O) groups is 3. The van der Waals surface area contributed by atoms with Crippen LogP contribution in [0.3, 0.4) is 0 Å². The van der Waals surface area contributed by atoms with Gasteiger partial charge in [0, 0.05) is 28.5 Å². The van der Waals surface area contributed by atoms with Crippen LogP contribution in [0, 0.1) is 12.8 Å². The van der Waals surface area contributed by atoms with Crippen LogP contribution in [-0.4, -0.2) is 27.7 Å². The summed E-state index contributed by atoms with van der Waals surface area (Å²) >= 11 is 0. The van der Waals surface area contributed by atoms with E-state index in [0.717, 1.165) is 18.4 Å². The molecule has 0 radical (unpaired) electrons. The number of hydrogen-bond acceptors (Lipinski definition) is 6. The van der Waals surface area contributed by atoms with Gasteiger partial charge in [-0.3, -0.25) is 14.4 Å². The van der Waals surface area contributed by atoms with Crippen LogP contribution in [0.2, 0.25) is 0 Å². The van der Waals surface area contributed by atoms with Crippen molar-refractivity contribution in [2.45, 2.75) is 19.8 Å². The molecule has 34 heavy (non-hydrogen) atoms. The van der Waals surface area contributed by atoms with Crippen LogP contribution in [0.5, 0.6) is 0 Å². The van der Waals surface area contributed by atoms with Gasteiger partial charge in [0.25, 0.3) is 5.91 Å². The fourth-order valence-electron chi connectivity index (χ4n) is 3.19. The molecule has 1 aromatic heterocycles. The first-order valence-electron chi connectivity index (χ1n) is 10.8. The predicted octanol–water partition coefficient (Wildman–Crippen LogP) is 4.25. The standard InChI is InChI=1S/C25H24N6O3/c1-3-22(32)28-17-5-4-6-18(11-17)31-25-26-13-20(14-27-25)30-24(34)21-12-19(10-7-15(21)2)29-23(33)16-8-9-16/h3-7,10-14,16H,1,8-9H2,2H3,(H,28,32)(H,29,33)(H,30,34)(H,26,27,31). The number of aryl methyl sites for hydroxylation is 1. The number of benzene rings is 2. The van der Waals surface area contributed by atoms with Crippen molar-refractivity contribution in [1.82, 2.24) is 9.97 Å². The average Bonchev–Trinajstić information content (AvgIpc) is 3.67. The molecule has 0 unspecified atom stereocenters. The Labute approximate surface area is 196 Å². The normalized spacial score (nSPS) is 12.4. The van der Waals surface area contributed by atoms with Crippen molar-refractivity contribution < 1.29 is 14.4 Å². The molecule has 0 bridgehead atoms. The SMILES string of the molecule is C=CC(=O)Nc1cccc(Nc2ncc(NC(=O)c3cc(NC(=O)C4CC4)ccc3C)cn2)c1. The summed E-state index contributed by atoms with van der Waals surface area (Å²) in [6.45, 7) is 5.26. The molecule has 9 heteroatoms. The minimum Gasteiger partial charge on any atom is -0.326 e. The molecule has 4 rings (SSSR count). The molecule has 1 aliphatic rings. The Morgan fingerprint density at radius 3 is 2.32 bits per heavy atom. The monoisotopic (exact) mass is 456 g/mol. The second-order valence-electron chi connectivity index (χ2n) is 7.94. The smallest absolute Gasteiger partial charge is 0.256 e. The molecule has 4 N–H and O–H groups in total. The zero-order valence-corrected chi connectivity index (χ0v) is 18.6. The van der Waals surface area contributed by atoms with Gasteiger partial charge in [0.15, 0.2) is 0 Å². The van der Waals surface area contributed by atoms with Crippen molar-refractivity contribution in [3.8, 4) is 0 Å². The van der Waals surface area contributed by atoms with Gasteiger partial charge in [-0.05, 0) is 61.7 Å². The topological polar surface area (TPSA) is 125 Å². The van der Waals surface area contributed by atoms with Crippen LogP contribution in [0.15, 0.2) is 67.5 Å². The van der Waals surface area contributed by atoms with Crippen LogP contribution in [0.25, 0.3) is 0 Å². The molecule has 9 nitrogen and oxygen atoms in total. The van der Waals surface area contributed by atoms with E-state index >= 15 is 0 Å². The van der Waals surface area contributed by atoms with Gasteiger partial charge in [0.05, 0.1) is 18.1 Å². The molecule has 1 saturated carbocycles. The maximum Gasteiger partial charge on any atom is 0.256 e. The lowest BCUT2D eigenvalue weighted by molar-refractivity contribution is -0.117. The first kappa shape index (κ1) is 22.7. The molecular weight excluding hydrogens is 432 g/mol. The van der Waals surface area contributed by atoms with E-state index in [9.17, 15) is 14.4 Å². The summed E-state index contributed by atoms with van der Waals surface area (Å²) in [5.41, 5.74) is 3.53. The number of hydrogen-bond donors (Lipinski definition) is 4. The van der Waals surface area contributed by atoms with Gasteiger partial charge in [-0.2, -0.15) is 0 Å². The second-order valence-corrected chi connectivity index (χ2v) is 7.94. The van der Waals surface area contributed by atoms with Gasteiger partial charge >= 0.3 is 0 Å². The molecule has 3 aromatic rings. The lowest BCUT2D eigenvalue weighted by Crippen LogP contribution is -2.16. The number of nitrogens with one attached hydrogen (secondary N) is 4. The molecular formula is C25H24N6O3. The molecule has 1 heterocycles. The van der Waals surface area contributed by atoms with Crippen LogP contribution in [0.4, 0.5) is 28.7 Å². The molecule has 1 fully saturated rings. The lowest BCUT2D eigenvalue weighted by Gasteiger charge is -2.11. The second kappa shape index (κ2) is 9.95. The Balaban J connectivity index is 1.39. The Hall–Kier alpha value is -4.53. The zero-order valence-electron chi connectivity index (χ0n) is 18.6. The van der Waals surface area contributed by atoms with E-state index in [1.54, 1.807) is 42.5 Å². The molecule has 2 aromatic carbocycles. The lowest BCUT2D eigenvalue weighted by atomic mass is 10.1. The molecule has 0 spiro atoms. The predicted molar refractivity (Wildman–Crippen MR) is 131 cm³/mol. The van der Waals surface area contributed by atoms with Gasteiger partial charge in [-0.15, -0.1) is 0 Å². The number of nitrogens with zero attached hydrogens (tertiary/aromatic N) is 2. The van der Waals surface area contributed by atoms with Crippen molar-refractivity contribution in [2.24, 2.45) is 5.92 Å². The first-order chi connectivity index (χ1) is 16.4. The highest BCUT2D eigenvalue weighted by Gasteiger charge is 2.29. The summed E-state index contributed by atoms with van der Waals surface area (Å²) in [7, 11) is 0. The van der Waals surface area contributed by atoms with Crippen molar-refractivity contribution in [1.29, 1.82) is 0 Å². The maximum atomic E-state index is 12.8. The summed E-state index contributed by atoms with van der Waals surface area (Å²) in [5, 5.41) is 11.4. The summed E-state index contributed by atoms with van der Waals surface area (Å²) in [6, 6.07) is 12.3. The minimum atomic E-state index is -0.324. The van der Waals surface area contributed by atoms with E-state index < -0.39 is 0 Å². The maximum absolute atomic E-state index is 12.8. The minimum absolute atomic E-state index is 0.0136. The van der Waals surface area contributed by atoms with E-state index in [1.807, 2.05) is 6.92 Å². The molecule has 1 aliphatic carbocycles. The summed E-state index contributed by atoms with van der Waals surface area (Å²) < 4.78 is 0. The number of rotatable bonds is 8. The third-order valence-corrected chi connectivity index (χ3v) is 5.18. The number of carbonyl (C=O) groups excluding carboxylic acids is 3. The highest BCUT2D eigenvalue weighted by atomic mass is 16.2. The summed E-state index contributed by atoms with van der Waals surface area (Å²) in [4.78, 5) is 44.8. The van der Waals surface area contributed by atoms with Crippen molar-refractivity contribution in [3.05, 3.63) is 78.6 Å². The third kappa shape index (κ3) is 5.83. The molecule has 0 saturated heterocycles. The van der Waals surface area contributed by atoms with E-state index in [-0.39, 0.29) is 23.6 Å². The van der Waals surface area contributed by atoms with Crippen molar-refractivity contribution in [3.63, 3.8) is 0 Å². The largest absolute Gasteiger partial charge is 0.326 e. The summed E-state index contributed by atoms with van der Waals surface area (Å²) in [5.74, 6) is -0.239. The highest BCUT2D eigenvalue weighted by Crippen LogP contribution is 2.30. The quantitative estimate of drug-likeness (QED) is 0.376. The number of aromatic nitrogens is 2. The van der Waals surface area contributed by atoms with E-state index in [2.05, 4.69) is 37.8 Å². The van der Waals surface area contributed by atoms with Crippen LogP contribution >= 0.6 is 0 Å². The van der Waals surface area contributed by atoms with Gasteiger partial charge < -0.3 is 21.3 Å². The fraction of sp³-hybridized carbons (Fsp3) is 0.160. The molecule has 172 valence electrons. The van der Waals surface area contributed by atoms with Crippen molar-refractivity contribution in [2.75, 3.05) is 21.3 Å². The van der Waals surface area contributed by atoms with Crippen LogP contribution < -0.4 is 21.3 Å². The third-order valence-electron chi connectivity index (χ3n) is 5.18.